The number of epoxide rings is 2. The van der Waals surface area contributed by atoms with Gasteiger partial charge in [-0.3, -0.25) is 0 Å². The summed E-state index contributed by atoms with van der Waals surface area (Å²) in [6, 6.07) is 2.39. The second kappa shape index (κ2) is 9.02. The number of rotatable bonds is 8. The number of allylic oxidation sites excluding steroid dienone is 1. The summed E-state index contributed by atoms with van der Waals surface area (Å²) in [5.74, 6) is 0.549. The molecule has 1 saturated carbocycles. The van der Waals surface area contributed by atoms with Crippen LogP contribution in [0.3, 0.4) is 0 Å². The zero-order chi connectivity index (χ0) is 25.0. The number of carbonyl (C=O) groups excluding carboxylic acids is 1. The lowest BCUT2D eigenvalue weighted by Gasteiger charge is -2.46. The lowest BCUT2D eigenvalue weighted by Crippen LogP contribution is -2.58. The Morgan fingerprint density at radius 2 is 1.97 bits per heavy atom. The molecule has 8 nitrogen and oxygen atoms in total. The Hall–Kier alpha value is -1.66. The van der Waals surface area contributed by atoms with Crippen LogP contribution in [0.1, 0.15) is 53.4 Å². The summed E-state index contributed by atoms with van der Waals surface area (Å²) < 4.78 is 24.3. The van der Waals surface area contributed by atoms with Crippen molar-refractivity contribution in [2.75, 3.05) is 46.4 Å². The Bertz CT molecular complexity index is 895. The minimum atomic E-state index is -0.325. The molecule has 0 radical (unpaired) electrons. The standard InChI is InChI=1S/C27H41N3O5/c1-18(2)6-7-21-26(4,35-21)23-22(32-5)20(8-10-27(23)17-33-27)34-24(31)30-12-19(13-30)9-11-29-15-25(3,14-28)16-29/h6,19-23H,7-13,15-17H2,1-5H3/t20?,21-,22?,23?,26+,27?/m1/s1. The molecule has 1 aliphatic carbocycles. The van der Waals surface area contributed by atoms with Crippen LogP contribution in [0.15, 0.2) is 11.6 Å². The molecule has 6 atom stereocenters. The van der Waals surface area contributed by atoms with E-state index in [-0.39, 0.29) is 46.9 Å². The van der Waals surface area contributed by atoms with E-state index < -0.39 is 0 Å². The van der Waals surface area contributed by atoms with Gasteiger partial charge < -0.3 is 28.7 Å². The van der Waals surface area contributed by atoms with E-state index in [0.717, 1.165) is 65.0 Å². The quantitative estimate of drug-likeness (QED) is 0.383. The van der Waals surface area contributed by atoms with Crippen molar-refractivity contribution in [2.24, 2.45) is 17.3 Å². The van der Waals surface area contributed by atoms with Gasteiger partial charge in [-0.1, -0.05) is 11.6 Å². The van der Waals surface area contributed by atoms with Gasteiger partial charge in [0.1, 0.15) is 23.4 Å². The van der Waals surface area contributed by atoms with Gasteiger partial charge in [-0.2, -0.15) is 5.26 Å². The molecule has 0 aromatic rings. The average Bonchev–Trinajstić information content (AvgIpc) is 3.68. The summed E-state index contributed by atoms with van der Waals surface area (Å²) in [7, 11) is 1.71. The van der Waals surface area contributed by atoms with Gasteiger partial charge in [0.05, 0.1) is 30.1 Å². The summed E-state index contributed by atoms with van der Waals surface area (Å²) in [6.07, 6.45) is 5.16. The third-order valence-corrected chi connectivity index (χ3v) is 8.97. The van der Waals surface area contributed by atoms with Crippen LogP contribution in [-0.2, 0) is 18.9 Å². The van der Waals surface area contributed by atoms with Crippen LogP contribution < -0.4 is 0 Å². The van der Waals surface area contributed by atoms with Crippen molar-refractivity contribution in [2.45, 2.75) is 82.9 Å². The lowest BCUT2D eigenvalue weighted by molar-refractivity contribution is -0.124. The van der Waals surface area contributed by atoms with E-state index in [4.69, 9.17) is 24.2 Å². The van der Waals surface area contributed by atoms with E-state index in [2.05, 4.69) is 37.8 Å². The van der Waals surface area contributed by atoms with Gasteiger partial charge in [0, 0.05) is 33.3 Å². The zero-order valence-electron chi connectivity index (χ0n) is 21.9. The van der Waals surface area contributed by atoms with Crippen molar-refractivity contribution in [3.63, 3.8) is 0 Å². The molecule has 5 aliphatic rings. The molecular weight excluding hydrogens is 446 g/mol. The summed E-state index contributed by atoms with van der Waals surface area (Å²) >= 11 is 0. The Morgan fingerprint density at radius 1 is 1.26 bits per heavy atom. The highest BCUT2D eigenvalue weighted by molar-refractivity contribution is 5.69. The van der Waals surface area contributed by atoms with Gasteiger partial charge in [-0.15, -0.1) is 0 Å². The molecule has 194 valence electrons. The molecule has 4 saturated heterocycles. The van der Waals surface area contributed by atoms with Crippen molar-refractivity contribution in [3.05, 3.63) is 11.6 Å². The first kappa shape index (κ1) is 25.0. The molecule has 0 aromatic heterocycles. The van der Waals surface area contributed by atoms with Gasteiger partial charge >= 0.3 is 6.09 Å². The van der Waals surface area contributed by atoms with E-state index in [1.807, 2.05) is 11.8 Å². The summed E-state index contributed by atoms with van der Waals surface area (Å²) in [6.45, 7) is 13.3. The van der Waals surface area contributed by atoms with E-state index >= 15 is 0 Å². The number of carbonyl (C=O) groups is 1. The van der Waals surface area contributed by atoms with Crippen LogP contribution in [0.5, 0.6) is 0 Å². The number of nitrogens with zero attached hydrogens (tertiary/aromatic N) is 3. The molecule has 35 heavy (non-hydrogen) atoms. The molecule has 4 unspecified atom stereocenters. The largest absolute Gasteiger partial charge is 0.443 e. The third-order valence-electron chi connectivity index (χ3n) is 8.97. The second-order valence-electron chi connectivity index (χ2n) is 12.2. The Morgan fingerprint density at radius 3 is 2.57 bits per heavy atom. The number of hydrogen-bond acceptors (Lipinski definition) is 7. The van der Waals surface area contributed by atoms with E-state index in [1.165, 1.54) is 5.57 Å². The van der Waals surface area contributed by atoms with Crippen molar-refractivity contribution in [1.29, 1.82) is 5.26 Å². The molecule has 0 aromatic carbocycles. The molecule has 1 amide bonds. The van der Waals surface area contributed by atoms with Crippen LogP contribution in [0.2, 0.25) is 0 Å². The normalized spacial score (nSPS) is 39.8. The first-order chi connectivity index (χ1) is 16.6. The SMILES string of the molecule is COC1C(OC(=O)N2CC(CCN3CC(C)(C#N)C3)C2)CCC2(CO2)C1[C@@]1(C)O[C@@H]1CC=C(C)C. The molecule has 1 spiro atoms. The number of likely N-dealkylation sites (tertiary alicyclic amines) is 2. The van der Waals surface area contributed by atoms with E-state index in [9.17, 15) is 4.79 Å². The van der Waals surface area contributed by atoms with Crippen molar-refractivity contribution in [1.82, 2.24) is 9.80 Å². The maximum atomic E-state index is 13.0. The topological polar surface area (TPSA) is 90.9 Å². The smallest absolute Gasteiger partial charge is 0.410 e. The minimum absolute atomic E-state index is 0.0434. The second-order valence-corrected chi connectivity index (χ2v) is 12.2. The van der Waals surface area contributed by atoms with E-state index in [1.54, 1.807) is 7.11 Å². The highest BCUT2D eigenvalue weighted by Crippen LogP contribution is 2.59. The van der Waals surface area contributed by atoms with Crippen molar-refractivity contribution in [3.8, 4) is 6.07 Å². The summed E-state index contributed by atoms with van der Waals surface area (Å²) in [4.78, 5) is 17.1. The highest BCUT2D eigenvalue weighted by atomic mass is 16.6. The number of methoxy groups -OCH3 is 1. The van der Waals surface area contributed by atoms with Crippen molar-refractivity contribution < 1.29 is 23.7 Å². The molecule has 5 rings (SSSR count). The van der Waals surface area contributed by atoms with Crippen LogP contribution in [-0.4, -0.2) is 91.8 Å². The maximum absolute atomic E-state index is 13.0. The molecule has 0 N–H and O–H groups in total. The average molecular weight is 488 g/mol. The first-order valence-corrected chi connectivity index (χ1v) is 13.2. The van der Waals surface area contributed by atoms with Crippen LogP contribution in [0.25, 0.3) is 0 Å². The first-order valence-electron chi connectivity index (χ1n) is 13.2. The Labute approximate surface area is 209 Å². The van der Waals surface area contributed by atoms with Gasteiger partial charge in [-0.25, -0.2) is 4.79 Å². The lowest BCUT2D eigenvalue weighted by atomic mass is 9.68. The number of hydrogen-bond donors (Lipinski definition) is 0. The zero-order valence-corrected chi connectivity index (χ0v) is 21.9. The number of amides is 1. The number of ether oxygens (including phenoxy) is 4. The van der Waals surface area contributed by atoms with Gasteiger partial charge in [-0.05, 0) is 65.8 Å². The Kier molecular flexibility index (Phi) is 6.45. The van der Waals surface area contributed by atoms with Gasteiger partial charge in [0.2, 0.25) is 0 Å². The Balaban J connectivity index is 1.12. The van der Waals surface area contributed by atoms with Crippen LogP contribution in [0, 0.1) is 28.6 Å². The van der Waals surface area contributed by atoms with Crippen LogP contribution in [0.4, 0.5) is 4.79 Å². The third kappa shape index (κ3) is 4.73. The maximum Gasteiger partial charge on any atom is 0.410 e. The fourth-order valence-electron chi connectivity index (χ4n) is 6.71. The molecule has 5 fully saturated rings. The number of nitriles is 1. The van der Waals surface area contributed by atoms with Crippen molar-refractivity contribution >= 4 is 6.09 Å². The predicted molar refractivity (Wildman–Crippen MR) is 130 cm³/mol. The predicted octanol–water partition coefficient (Wildman–Crippen LogP) is 3.37. The fourth-order valence-corrected chi connectivity index (χ4v) is 6.71. The molecule has 4 aliphatic heterocycles. The summed E-state index contributed by atoms with van der Waals surface area (Å²) in [5, 5.41) is 9.16. The molecular formula is C27H41N3O5. The monoisotopic (exact) mass is 487 g/mol. The molecule has 8 heteroatoms. The minimum Gasteiger partial charge on any atom is -0.443 e. The summed E-state index contributed by atoms with van der Waals surface area (Å²) in [5.41, 5.74) is 0.577. The van der Waals surface area contributed by atoms with Gasteiger partial charge in [0.15, 0.2) is 0 Å². The highest BCUT2D eigenvalue weighted by Gasteiger charge is 2.72. The van der Waals surface area contributed by atoms with Gasteiger partial charge in [0.25, 0.3) is 0 Å². The van der Waals surface area contributed by atoms with E-state index in [0.29, 0.717) is 5.92 Å². The molecule has 4 heterocycles. The molecule has 0 bridgehead atoms. The van der Waals surface area contributed by atoms with Crippen LogP contribution >= 0.6 is 0 Å². The fraction of sp³-hybridized carbons (Fsp3) is 0.852.